The van der Waals surface area contributed by atoms with Crippen molar-refractivity contribution < 1.29 is 48.0 Å². The van der Waals surface area contributed by atoms with Gasteiger partial charge in [-0.15, -0.1) is 11.8 Å². The Morgan fingerprint density at radius 1 is 1.08 bits per heavy atom. The van der Waals surface area contributed by atoms with Gasteiger partial charge < -0.3 is 39.4 Å². The van der Waals surface area contributed by atoms with Gasteiger partial charge in [-0.3, -0.25) is 24.2 Å². The first-order chi connectivity index (χ1) is 28.3. The molecule has 3 N–H and O–H groups in total. The molecule has 0 aliphatic carbocycles. The quantitative estimate of drug-likeness (QED) is 0.177. The molecule has 2 unspecified atom stereocenters. The molecule has 308 valence electrons. The molecule has 0 spiro atoms. The van der Waals surface area contributed by atoms with Crippen LogP contribution in [-0.2, 0) is 30.3 Å². The Labute approximate surface area is 345 Å². The van der Waals surface area contributed by atoms with Gasteiger partial charge in [-0.05, 0) is 57.0 Å². The standard InChI is InChI=1S/C43H45N5O10S/c1-20-14-25-15-27-28(16-44)48-29-17-55-43(53)26(46-42(52)22(3)45-30(50)13-12-24-10-8-7-9-11-24)18-59-41(35(48)34(47(27)5)31(25)36(51)37(20)54-6)33-32(29)40-39(56-19-57-40)21(2)38(33)58-23(4)49/h7-14,22,26-29,34-35,41,51H,15,17-19H2,1-6H3,(H,45,50)(H,46,52)/b13-12+/t22?,26-,27-,28-,29+,34+,35?,41+/m0/s1. The predicted molar refractivity (Wildman–Crippen MR) is 215 cm³/mol. The second-order valence-corrected chi connectivity index (χ2v) is 16.6. The fraction of sp³-hybridized carbons (Fsp3) is 0.419. The smallest absolute Gasteiger partial charge is 0.329 e. The third kappa shape index (κ3) is 6.80. The molecule has 0 aromatic heterocycles. The Kier molecular flexibility index (Phi) is 10.7. The molecule has 59 heavy (non-hydrogen) atoms. The second kappa shape index (κ2) is 15.8. The summed E-state index contributed by atoms with van der Waals surface area (Å²) in [6.45, 7) is 6.12. The number of aromatic hydroxyl groups is 1. The molecule has 0 saturated carbocycles. The van der Waals surface area contributed by atoms with Crippen molar-refractivity contribution >= 4 is 41.6 Å². The van der Waals surface area contributed by atoms with Gasteiger partial charge in [0.25, 0.3) is 0 Å². The van der Waals surface area contributed by atoms with Gasteiger partial charge in [-0.2, -0.15) is 5.26 Å². The topological polar surface area (TPSA) is 189 Å². The minimum absolute atomic E-state index is 0.000332. The number of hydrogen-bond acceptors (Lipinski definition) is 14. The van der Waals surface area contributed by atoms with E-state index in [4.69, 9.17) is 23.7 Å². The van der Waals surface area contributed by atoms with E-state index >= 15 is 0 Å². The normalized spacial score (nSPS) is 26.1. The van der Waals surface area contributed by atoms with E-state index in [1.807, 2.05) is 50.4 Å². The van der Waals surface area contributed by atoms with E-state index in [1.54, 1.807) is 13.0 Å². The summed E-state index contributed by atoms with van der Waals surface area (Å²) >= 11 is 1.33. The first-order valence-electron chi connectivity index (χ1n) is 19.4. The number of rotatable bonds is 7. The van der Waals surface area contributed by atoms with Crippen molar-refractivity contribution in [1.29, 1.82) is 5.26 Å². The Morgan fingerprint density at radius 3 is 2.54 bits per heavy atom. The molecule has 15 nitrogen and oxygen atoms in total. The van der Waals surface area contributed by atoms with Crippen molar-refractivity contribution in [2.75, 3.05) is 33.3 Å². The summed E-state index contributed by atoms with van der Waals surface area (Å²) in [6.07, 6.45) is 3.42. The van der Waals surface area contributed by atoms with E-state index < -0.39 is 65.3 Å². The number of nitrogens with zero attached hydrogens (tertiary/aromatic N) is 3. The number of ether oxygens (including phenoxy) is 5. The third-order valence-electron chi connectivity index (χ3n) is 12.0. The maximum absolute atomic E-state index is 14.0. The van der Waals surface area contributed by atoms with Gasteiger partial charge in [0.2, 0.25) is 18.6 Å². The molecule has 2 fully saturated rings. The number of carbonyl (C=O) groups is 4. The molecule has 4 bridgehead atoms. The van der Waals surface area contributed by atoms with Crippen molar-refractivity contribution in [3.63, 3.8) is 0 Å². The Hall–Kier alpha value is -5.76. The van der Waals surface area contributed by atoms with E-state index in [2.05, 4.69) is 26.5 Å². The lowest BCUT2D eigenvalue weighted by molar-refractivity contribution is -0.152. The number of nitriles is 1. The number of phenols is 1. The number of benzene rings is 3. The van der Waals surface area contributed by atoms with Crippen LogP contribution in [0.4, 0.5) is 0 Å². The van der Waals surface area contributed by atoms with Crippen molar-refractivity contribution in [3.05, 3.63) is 81.4 Å². The van der Waals surface area contributed by atoms with Crippen molar-refractivity contribution in [2.24, 2.45) is 0 Å². The second-order valence-electron chi connectivity index (χ2n) is 15.4. The van der Waals surface area contributed by atoms with Crippen LogP contribution in [-0.4, -0.2) is 102 Å². The van der Waals surface area contributed by atoms with Crippen LogP contribution in [0.25, 0.3) is 6.08 Å². The highest BCUT2D eigenvalue weighted by Crippen LogP contribution is 2.64. The highest BCUT2D eigenvalue weighted by molar-refractivity contribution is 7.99. The summed E-state index contributed by atoms with van der Waals surface area (Å²) in [5.74, 6) is -0.956. The summed E-state index contributed by atoms with van der Waals surface area (Å²) in [4.78, 5) is 57.5. The number of likely N-dealkylation sites (N-methyl/N-ethyl adjacent to an activating group) is 1. The number of thioether (sulfide) groups is 1. The maximum Gasteiger partial charge on any atom is 0.329 e. The highest BCUT2D eigenvalue weighted by atomic mass is 32.2. The molecule has 2 saturated heterocycles. The van der Waals surface area contributed by atoms with Crippen LogP contribution in [0.3, 0.4) is 0 Å². The molecule has 3 aromatic rings. The largest absolute Gasteiger partial charge is 0.504 e. The van der Waals surface area contributed by atoms with E-state index in [0.29, 0.717) is 45.9 Å². The van der Waals surface area contributed by atoms with Gasteiger partial charge in [-0.1, -0.05) is 36.4 Å². The molecule has 16 heteroatoms. The molecule has 6 heterocycles. The fourth-order valence-corrected chi connectivity index (χ4v) is 10.9. The molecular weight excluding hydrogens is 779 g/mol. The van der Waals surface area contributed by atoms with E-state index in [-0.39, 0.29) is 36.7 Å². The average molecular weight is 824 g/mol. The zero-order chi connectivity index (χ0) is 41.9. The van der Waals surface area contributed by atoms with E-state index in [9.17, 15) is 29.5 Å². The first-order valence-corrected chi connectivity index (χ1v) is 20.4. The number of nitrogens with one attached hydrogen (secondary N) is 2. The van der Waals surface area contributed by atoms with Crippen molar-refractivity contribution in [2.45, 2.75) is 81.7 Å². The van der Waals surface area contributed by atoms with Gasteiger partial charge in [0.1, 0.15) is 30.5 Å². The molecule has 9 rings (SSSR count). The van der Waals surface area contributed by atoms with Gasteiger partial charge in [0.05, 0.1) is 30.5 Å². The van der Waals surface area contributed by atoms with Gasteiger partial charge in [-0.25, -0.2) is 4.79 Å². The molecule has 8 atom stereocenters. The fourth-order valence-electron chi connectivity index (χ4n) is 9.43. The molecule has 3 aromatic carbocycles. The summed E-state index contributed by atoms with van der Waals surface area (Å²) in [5, 5.41) is 27.8. The number of aryl methyl sites for hydroxylation is 1. The molecule has 6 aliphatic rings. The number of carbonyl (C=O) groups excluding carboxylic acids is 4. The third-order valence-corrected chi connectivity index (χ3v) is 13.4. The number of amides is 2. The lowest BCUT2D eigenvalue weighted by atomic mass is 9.71. The number of phenolic OH excluding ortho intramolecular Hbond substituents is 1. The Bertz CT molecular complexity index is 2310. The lowest BCUT2D eigenvalue weighted by Crippen LogP contribution is -2.69. The number of esters is 2. The predicted octanol–water partition coefficient (Wildman–Crippen LogP) is 3.93. The monoisotopic (exact) mass is 823 g/mol. The number of fused-ring (bicyclic) bond motifs is 10. The van der Waals surface area contributed by atoms with Gasteiger partial charge >= 0.3 is 11.9 Å². The maximum atomic E-state index is 14.0. The van der Waals surface area contributed by atoms with Crippen LogP contribution >= 0.6 is 11.8 Å². The summed E-state index contributed by atoms with van der Waals surface area (Å²) < 4.78 is 30.0. The Morgan fingerprint density at radius 2 is 1.83 bits per heavy atom. The van der Waals surface area contributed by atoms with Crippen molar-refractivity contribution in [1.82, 2.24) is 20.4 Å². The molecule has 0 radical (unpaired) electrons. The molecule has 2 amide bonds. The zero-order valence-electron chi connectivity index (χ0n) is 33.4. The van der Waals surface area contributed by atoms with Crippen LogP contribution in [0.1, 0.15) is 70.1 Å². The Balaban J connectivity index is 1.22. The summed E-state index contributed by atoms with van der Waals surface area (Å²) in [6, 6.07) is 8.65. The first kappa shape index (κ1) is 40.0. The van der Waals surface area contributed by atoms with E-state index in [0.717, 1.165) is 16.7 Å². The number of piperazine rings is 1. The summed E-state index contributed by atoms with van der Waals surface area (Å²) in [5.41, 5.74) is 4.85. The summed E-state index contributed by atoms with van der Waals surface area (Å²) in [7, 11) is 3.45. The highest BCUT2D eigenvalue weighted by Gasteiger charge is 2.60. The van der Waals surface area contributed by atoms with Crippen LogP contribution in [0.5, 0.6) is 28.7 Å². The average Bonchev–Trinajstić information content (AvgIpc) is 3.70. The van der Waals surface area contributed by atoms with Gasteiger partial charge in [0.15, 0.2) is 23.0 Å². The van der Waals surface area contributed by atoms with Crippen molar-refractivity contribution in [3.8, 4) is 34.8 Å². The van der Waals surface area contributed by atoms with Crippen LogP contribution in [0.15, 0.2) is 42.5 Å². The number of methoxy groups -OCH3 is 1. The minimum Gasteiger partial charge on any atom is -0.504 e. The van der Waals surface area contributed by atoms with Crippen LogP contribution in [0.2, 0.25) is 0 Å². The molecule has 6 aliphatic heterocycles. The minimum atomic E-state index is -1.16. The SMILES string of the molecule is COc1c(C)cc2c(c1O)[C@@H]1C3[C@@H]4SC[C@H](NC(=O)C(C)NC(=O)/C=C/c5ccccc5)C(=O)OC[C@H](c5c6c(c(C)c(OC(C)=O)c54)OCO6)N3[C@@H](C#N)[C@H](C2)N1C. The van der Waals surface area contributed by atoms with Crippen LogP contribution in [0, 0.1) is 25.2 Å². The lowest BCUT2D eigenvalue weighted by Gasteiger charge is -2.61. The van der Waals surface area contributed by atoms with Crippen LogP contribution < -0.4 is 29.6 Å². The zero-order valence-corrected chi connectivity index (χ0v) is 34.3. The van der Waals surface area contributed by atoms with E-state index in [1.165, 1.54) is 38.8 Å². The molecular formula is C43H45N5O10S. The van der Waals surface area contributed by atoms with Gasteiger partial charge in [0, 0.05) is 53.1 Å². The number of hydrogen-bond donors (Lipinski definition) is 3.